The molecule has 3 heteroatoms. The Morgan fingerprint density at radius 2 is 1.62 bits per heavy atom. The van der Waals surface area contributed by atoms with Crippen LogP contribution in [0.1, 0.15) is 46.5 Å². The summed E-state index contributed by atoms with van der Waals surface area (Å²) in [5.74, 6) is 0. The molecule has 0 heterocycles. The van der Waals surface area contributed by atoms with Crippen LogP contribution in [0.25, 0.3) is 0 Å². The fourth-order valence-corrected chi connectivity index (χ4v) is 0.834. The van der Waals surface area contributed by atoms with Crippen LogP contribution < -0.4 is 17.0 Å². The second kappa shape index (κ2) is 11.3. The predicted molar refractivity (Wildman–Crippen MR) is 55.3 cm³/mol. The van der Waals surface area contributed by atoms with Crippen LogP contribution in [-0.4, -0.2) is 35.3 Å². The monoisotopic (exact) mass is 260 g/mol. The molecule has 0 bridgehead atoms. The number of unbranched alkanes of at least 4 members (excludes halogenated alkanes) is 3. The summed E-state index contributed by atoms with van der Waals surface area (Å²) in [6, 6.07) is 0. The van der Waals surface area contributed by atoms with Crippen molar-refractivity contribution in [2.24, 2.45) is 0 Å². The summed E-state index contributed by atoms with van der Waals surface area (Å²) in [4.78, 5) is 0. The van der Waals surface area contributed by atoms with E-state index in [-0.39, 0.29) is 45.6 Å². The fourth-order valence-electron chi connectivity index (χ4n) is 0.834. The van der Waals surface area contributed by atoms with Crippen molar-refractivity contribution in [1.29, 1.82) is 0 Å². The van der Waals surface area contributed by atoms with E-state index in [9.17, 15) is 0 Å². The van der Waals surface area contributed by atoms with Crippen LogP contribution in [0.4, 0.5) is 0 Å². The second-order valence-corrected chi connectivity index (χ2v) is 3.88. The van der Waals surface area contributed by atoms with Gasteiger partial charge in [-0.2, -0.15) is 6.42 Å². The second-order valence-electron chi connectivity index (χ2n) is 3.88. The van der Waals surface area contributed by atoms with E-state index in [4.69, 9.17) is 4.74 Å². The SMILES string of the molecule is [Br-].[CH2-]CCCCCOC(C)(C)C.[Mg+2]. The Hall–Kier alpha value is 1.21. The van der Waals surface area contributed by atoms with Crippen molar-refractivity contribution < 1.29 is 21.7 Å². The Labute approximate surface area is 110 Å². The molecule has 0 atom stereocenters. The van der Waals surface area contributed by atoms with Gasteiger partial charge in [-0.1, -0.05) is 12.8 Å². The summed E-state index contributed by atoms with van der Waals surface area (Å²) >= 11 is 0. The molecule has 0 amide bonds. The zero-order valence-corrected chi connectivity index (χ0v) is 12.2. The average Bonchev–Trinajstić information content (AvgIpc) is 1.85. The minimum absolute atomic E-state index is 0. The molecule has 0 saturated carbocycles. The normalized spacial score (nSPS) is 10.2. The number of hydrogen-bond acceptors (Lipinski definition) is 1. The summed E-state index contributed by atoms with van der Waals surface area (Å²) in [6.45, 7) is 11.0. The Morgan fingerprint density at radius 3 is 2.00 bits per heavy atom. The van der Waals surface area contributed by atoms with E-state index in [1.165, 1.54) is 19.3 Å². The molecule has 76 valence electrons. The molecule has 0 rings (SSSR count). The van der Waals surface area contributed by atoms with Crippen molar-refractivity contribution in [2.75, 3.05) is 6.61 Å². The topological polar surface area (TPSA) is 9.23 Å². The van der Waals surface area contributed by atoms with E-state index < -0.39 is 0 Å². The van der Waals surface area contributed by atoms with Gasteiger partial charge < -0.3 is 28.6 Å². The first-order valence-corrected chi connectivity index (χ1v) is 4.49. The molecular weight excluding hydrogens is 240 g/mol. The maximum Gasteiger partial charge on any atom is 2.00 e. The Kier molecular flexibility index (Phi) is 17.1. The standard InChI is InChI=1S/C10H21O.BrH.Mg/c1-5-6-7-8-9-11-10(2,3)4;;/h1,5-9H2,2-4H3;1H;/q-1;;+2/p-1. The minimum atomic E-state index is 0. The maximum absolute atomic E-state index is 5.56. The van der Waals surface area contributed by atoms with Gasteiger partial charge in [0.15, 0.2) is 0 Å². The van der Waals surface area contributed by atoms with Crippen molar-refractivity contribution in [2.45, 2.75) is 52.1 Å². The number of hydrogen-bond donors (Lipinski definition) is 0. The molecule has 1 nitrogen and oxygen atoms in total. The van der Waals surface area contributed by atoms with Crippen LogP contribution in [0.15, 0.2) is 0 Å². The maximum atomic E-state index is 5.56. The van der Waals surface area contributed by atoms with Gasteiger partial charge >= 0.3 is 23.1 Å². The van der Waals surface area contributed by atoms with Gasteiger partial charge in [-0.3, -0.25) is 0 Å². The van der Waals surface area contributed by atoms with Crippen LogP contribution in [0.5, 0.6) is 0 Å². The van der Waals surface area contributed by atoms with Crippen LogP contribution in [0, 0.1) is 6.92 Å². The molecule has 0 aliphatic carbocycles. The van der Waals surface area contributed by atoms with Crippen LogP contribution >= 0.6 is 0 Å². The fraction of sp³-hybridized carbons (Fsp3) is 0.900. The van der Waals surface area contributed by atoms with Gasteiger partial charge in [-0.05, 0) is 27.2 Å². The zero-order valence-electron chi connectivity index (χ0n) is 9.24. The molecule has 0 spiro atoms. The number of ether oxygens (including phenoxy) is 1. The van der Waals surface area contributed by atoms with Gasteiger partial charge in [0.1, 0.15) is 0 Å². The predicted octanol–water partition coefficient (Wildman–Crippen LogP) is -0.181. The van der Waals surface area contributed by atoms with Crippen molar-refractivity contribution in [3.05, 3.63) is 6.92 Å². The molecular formula is C10H21BrMgO. The van der Waals surface area contributed by atoms with Crippen LogP contribution in [-0.2, 0) is 4.74 Å². The number of halogens is 1. The first-order chi connectivity index (χ1) is 5.06. The minimum Gasteiger partial charge on any atom is -1.00 e. The third-order valence-electron chi connectivity index (χ3n) is 1.43. The number of rotatable bonds is 5. The van der Waals surface area contributed by atoms with Crippen LogP contribution in [0.3, 0.4) is 0 Å². The summed E-state index contributed by atoms with van der Waals surface area (Å²) < 4.78 is 5.56. The Bertz CT molecular complexity index is 91.4. The van der Waals surface area contributed by atoms with Gasteiger partial charge in [0.25, 0.3) is 0 Å². The molecule has 0 N–H and O–H groups in total. The van der Waals surface area contributed by atoms with Crippen LogP contribution in [0.2, 0.25) is 0 Å². The van der Waals surface area contributed by atoms with Crippen molar-refractivity contribution in [3.63, 3.8) is 0 Å². The van der Waals surface area contributed by atoms with Gasteiger partial charge in [-0.25, -0.2) is 0 Å². The van der Waals surface area contributed by atoms with Crippen molar-refractivity contribution in [1.82, 2.24) is 0 Å². The Morgan fingerprint density at radius 1 is 1.08 bits per heavy atom. The molecule has 0 aromatic carbocycles. The zero-order chi connectivity index (χ0) is 8.74. The van der Waals surface area contributed by atoms with Crippen molar-refractivity contribution >= 4 is 23.1 Å². The molecule has 0 aromatic heterocycles. The van der Waals surface area contributed by atoms with Gasteiger partial charge in [0, 0.05) is 6.61 Å². The summed E-state index contributed by atoms with van der Waals surface area (Å²) in [5, 5.41) is 0. The van der Waals surface area contributed by atoms with E-state index >= 15 is 0 Å². The molecule has 0 radical (unpaired) electrons. The average molecular weight is 261 g/mol. The molecule has 0 aliphatic rings. The van der Waals surface area contributed by atoms with Gasteiger partial charge in [-0.15, -0.1) is 0 Å². The molecule has 0 unspecified atom stereocenters. The third kappa shape index (κ3) is 19.6. The van der Waals surface area contributed by atoms with Gasteiger partial charge in [0.2, 0.25) is 0 Å². The summed E-state index contributed by atoms with van der Waals surface area (Å²) in [7, 11) is 0. The summed E-state index contributed by atoms with van der Waals surface area (Å²) in [6.07, 6.45) is 4.70. The third-order valence-corrected chi connectivity index (χ3v) is 1.43. The van der Waals surface area contributed by atoms with E-state index in [0.717, 1.165) is 13.0 Å². The summed E-state index contributed by atoms with van der Waals surface area (Å²) in [5.41, 5.74) is 0.0322. The molecule has 0 aromatic rings. The first-order valence-electron chi connectivity index (χ1n) is 4.49. The van der Waals surface area contributed by atoms with E-state index in [1.807, 2.05) is 0 Å². The van der Waals surface area contributed by atoms with E-state index in [0.29, 0.717) is 0 Å². The molecule has 13 heavy (non-hydrogen) atoms. The molecule has 0 aliphatic heterocycles. The smallest absolute Gasteiger partial charge is 1.00 e. The molecule has 0 saturated heterocycles. The largest absolute Gasteiger partial charge is 2.00 e. The molecule has 0 fully saturated rings. The van der Waals surface area contributed by atoms with E-state index in [1.54, 1.807) is 0 Å². The quantitative estimate of drug-likeness (QED) is 0.379. The Balaban J connectivity index is -0.000000500. The van der Waals surface area contributed by atoms with Crippen molar-refractivity contribution in [3.8, 4) is 0 Å². The first kappa shape index (κ1) is 19.7. The van der Waals surface area contributed by atoms with E-state index in [2.05, 4.69) is 27.7 Å². The van der Waals surface area contributed by atoms with Gasteiger partial charge in [0.05, 0.1) is 5.60 Å².